The van der Waals surface area contributed by atoms with Crippen molar-refractivity contribution in [3.05, 3.63) is 70.4 Å². The van der Waals surface area contributed by atoms with E-state index in [2.05, 4.69) is 4.99 Å². The van der Waals surface area contributed by atoms with Gasteiger partial charge in [0.15, 0.2) is 5.70 Å². The Morgan fingerprint density at radius 3 is 2.83 bits per heavy atom. The molecule has 0 radical (unpaired) electrons. The zero-order chi connectivity index (χ0) is 16.2. The van der Waals surface area contributed by atoms with Crippen LogP contribution in [0, 0.1) is 0 Å². The Hall–Kier alpha value is -2.59. The first-order chi connectivity index (χ1) is 11.2. The van der Waals surface area contributed by atoms with E-state index in [9.17, 15) is 4.79 Å². The topological polar surface area (TPSA) is 47.9 Å². The van der Waals surface area contributed by atoms with Crippen LogP contribution >= 0.6 is 11.6 Å². The number of rotatable bonds is 4. The van der Waals surface area contributed by atoms with Gasteiger partial charge < -0.3 is 9.47 Å². The van der Waals surface area contributed by atoms with E-state index in [1.165, 1.54) is 0 Å². The fourth-order valence-corrected chi connectivity index (χ4v) is 2.36. The molecule has 0 spiro atoms. The first-order valence-corrected chi connectivity index (χ1v) is 7.55. The predicted octanol–water partition coefficient (Wildman–Crippen LogP) is 4.08. The van der Waals surface area contributed by atoms with Crippen LogP contribution in [0.25, 0.3) is 6.08 Å². The Bertz CT molecular complexity index is 811. The van der Waals surface area contributed by atoms with Crippen molar-refractivity contribution in [3.8, 4) is 5.75 Å². The van der Waals surface area contributed by atoms with Gasteiger partial charge in [0.1, 0.15) is 5.75 Å². The second kappa shape index (κ2) is 6.67. The zero-order valence-corrected chi connectivity index (χ0v) is 13.2. The molecule has 0 saturated heterocycles. The van der Waals surface area contributed by atoms with Crippen molar-refractivity contribution >= 4 is 29.5 Å². The molecular weight excluding hydrogens is 314 g/mol. The fourth-order valence-electron chi connectivity index (χ4n) is 2.17. The van der Waals surface area contributed by atoms with Crippen LogP contribution in [-0.4, -0.2) is 18.5 Å². The largest absolute Gasteiger partial charge is 0.494 e. The van der Waals surface area contributed by atoms with Gasteiger partial charge in [-0.15, -0.1) is 0 Å². The average Bonchev–Trinajstić information content (AvgIpc) is 2.89. The van der Waals surface area contributed by atoms with Crippen LogP contribution in [-0.2, 0) is 9.53 Å². The van der Waals surface area contributed by atoms with E-state index >= 15 is 0 Å². The number of esters is 1. The SMILES string of the molecule is CCOc1cccc(/C=C2/N=C(c3cccc(Cl)c3)OC2=O)c1. The van der Waals surface area contributed by atoms with Gasteiger partial charge in [0.2, 0.25) is 5.90 Å². The van der Waals surface area contributed by atoms with Crippen molar-refractivity contribution in [1.29, 1.82) is 0 Å². The second-order valence-corrected chi connectivity index (χ2v) is 5.29. The average molecular weight is 328 g/mol. The third-order valence-corrected chi connectivity index (χ3v) is 3.40. The number of carbonyl (C=O) groups excluding carboxylic acids is 1. The van der Waals surface area contributed by atoms with Crippen LogP contribution in [0.5, 0.6) is 5.75 Å². The minimum atomic E-state index is -0.484. The molecule has 0 unspecified atom stereocenters. The quantitative estimate of drug-likeness (QED) is 0.628. The maximum Gasteiger partial charge on any atom is 0.363 e. The van der Waals surface area contributed by atoms with Crippen LogP contribution < -0.4 is 4.74 Å². The highest BCUT2D eigenvalue weighted by atomic mass is 35.5. The molecule has 0 amide bonds. The Kier molecular flexibility index (Phi) is 4.44. The van der Waals surface area contributed by atoms with Crippen molar-refractivity contribution in [3.63, 3.8) is 0 Å². The van der Waals surface area contributed by atoms with Crippen molar-refractivity contribution in [2.75, 3.05) is 6.61 Å². The van der Waals surface area contributed by atoms with Gasteiger partial charge >= 0.3 is 5.97 Å². The normalized spacial score (nSPS) is 15.5. The molecule has 0 aliphatic carbocycles. The third-order valence-electron chi connectivity index (χ3n) is 3.16. The lowest BCUT2D eigenvalue weighted by molar-refractivity contribution is -0.129. The molecule has 0 saturated carbocycles. The molecule has 4 nitrogen and oxygen atoms in total. The highest BCUT2D eigenvalue weighted by Crippen LogP contribution is 2.22. The van der Waals surface area contributed by atoms with Crippen molar-refractivity contribution < 1.29 is 14.3 Å². The number of hydrogen-bond donors (Lipinski definition) is 0. The van der Waals surface area contributed by atoms with E-state index in [4.69, 9.17) is 21.1 Å². The van der Waals surface area contributed by atoms with E-state index < -0.39 is 5.97 Å². The standard InChI is InChI=1S/C18H14ClNO3/c1-2-22-15-8-3-5-12(9-15)10-16-18(21)23-17(20-16)13-6-4-7-14(19)11-13/h3-11H,2H2,1H3/b16-10+. The van der Waals surface area contributed by atoms with Crippen LogP contribution in [0.3, 0.4) is 0 Å². The number of cyclic esters (lactones) is 1. The van der Waals surface area contributed by atoms with Gasteiger partial charge in [-0.05, 0) is 48.9 Å². The molecule has 0 atom stereocenters. The first-order valence-electron chi connectivity index (χ1n) is 7.17. The Balaban J connectivity index is 1.90. The van der Waals surface area contributed by atoms with Gasteiger partial charge in [-0.2, -0.15) is 0 Å². The summed E-state index contributed by atoms with van der Waals surface area (Å²) in [6.45, 7) is 2.50. The molecule has 0 fully saturated rings. The predicted molar refractivity (Wildman–Crippen MR) is 89.7 cm³/mol. The summed E-state index contributed by atoms with van der Waals surface area (Å²) < 4.78 is 10.7. The molecule has 0 aromatic heterocycles. The van der Waals surface area contributed by atoms with Crippen LogP contribution in [0.1, 0.15) is 18.1 Å². The lowest BCUT2D eigenvalue weighted by Gasteiger charge is -2.03. The maximum absolute atomic E-state index is 12.0. The number of hydrogen-bond acceptors (Lipinski definition) is 4. The van der Waals surface area contributed by atoms with Gasteiger partial charge in [0, 0.05) is 10.6 Å². The summed E-state index contributed by atoms with van der Waals surface area (Å²) in [5.74, 6) is 0.513. The molecule has 5 heteroatoms. The minimum Gasteiger partial charge on any atom is -0.494 e. The maximum atomic E-state index is 12.0. The summed E-state index contributed by atoms with van der Waals surface area (Å²) in [6, 6.07) is 14.5. The molecule has 1 aliphatic heterocycles. The number of ether oxygens (including phenoxy) is 2. The van der Waals surface area contributed by atoms with Gasteiger partial charge in [0.25, 0.3) is 0 Å². The lowest BCUT2D eigenvalue weighted by atomic mass is 10.2. The number of benzene rings is 2. The molecule has 0 N–H and O–H groups in total. The van der Waals surface area contributed by atoms with Crippen LogP contribution in [0.15, 0.2) is 59.2 Å². The highest BCUT2D eigenvalue weighted by Gasteiger charge is 2.24. The number of halogens is 1. The molecule has 0 bridgehead atoms. The smallest absolute Gasteiger partial charge is 0.363 e. The summed E-state index contributed by atoms with van der Waals surface area (Å²) in [5.41, 5.74) is 1.73. The molecule has 3 rings (SSSR count). The van der Waals surface area contributed by atoms with Gasteiger partial charge in [0.05, 0.1) is 6.61 Å². The zero-order valence-electron chi connectivity index (χ0n) is 12.5. The summed E-state index contributed by atoms with van der Waals surface area (Å²) >= 11 is 5.95. The van der Waals surface area contributed by atoms with Gasteiger partial charge in [-0.3, -0.25) is 0 Å². The van der Waals surface area contributed by atoms with Crippen molar-refractivity contribution in [2.45, 2.75) is 6.92 Å². The van der Waals surface area contributed by atoms with E-state index in [0.717, 1.165) is 11.3 Å². The van der Waals surface area contributed by atoms with Gasteiger partial charge in [-0.1, -0.05) is 29.8 Å². The van der Waals surface area contributed by atoms with Gasteiger partial charge in [-0.25, -0.2) is 9.79 Å². The molecular formula is C18H14ClNO3. The molecule has 1 aliphatic rings. The van der Waals surface area contributed by atoms with Crippen LogP contribution in [0.4, 0.5) is 0 Å². The molecule has 2 aromatic rings. The van der Waals surface area contributed by atoms with E-state index in [-0.39, 0.29) is 11.6 Å². The Morgan fingerprint density at radius 2 is 2.04 bits per heavy atom. The first kappa shape index (κ1) is 15.3. The summed E-state index contributed by atoms with van der Waals surface area (Å²) in [4.78, 5) is 16.2. The number of aliphatic imine (C=N–C) groups is 1. The van der Waals surface area contributed by atoms with Crippen molar-refractivity contribution in [2.24, 2.45) is 4.99 Å². The summed E-state index contributed by atoms with van der Waals surface area (Å²) in [7, 11) is 0. The minimum absolute atomic E-state index is 0.244. The lowest BCUT2D eigenvalue weighted by Crippen LogP contribution is -2.05. The van der Waals surface area contributed by atoms with E-state index in [1.807, 2.05) is 31.2 Å². The third kappa shape index (κ3) is 3.60. The second-order valence-electron chi connectivity index (χ2n) is 4.85. The summed E-state index contributed by atoms with van der Waals surface area (Å²) in [6.07, 6.45) is 1.67. The van der Waals surface area contributed by atoms with Crippen LogP contribution in [0.2, 0.25) is 5.02 Å². The Morgan fingerprint density at radius 1 is 1.22 bits per heavy atom. The molecule has 23 heavy (non-hydrogen) atoms. The molecule has 2 aromatic carbocycles. The Labute approximate surface area is 139 Å². The molecule has 116 valence electrons. The van der Waals surface area contributed by atoms with Crippen molar-refractivity contribution in [1.82, 2.24) is 0 Å². The highest BCUT2D eigenvalue weighted by molar-refractivity contribution is 6.31. The summed E-state index contributed by atoms with van der Waals surface area (Å²) in [5, 5.41) is 0.558. The van der Waals surface area contributed by atoms with E-state index in [0.29, 0.717) is 17.2 Å². The molecule has 1 heterocycles. The number of nitrogens with zero attached hydrogens (tertiary/aromatic N) is 1. The fraction of sp³-hybridized carbons (Fsp3) is 0.111. The van der Waals surface area contributed by atoms with E-state index in [1.54, 1.807) is 30.3 Å². The monoisotopic (exact) mass is 327 g/mol. The number of carbonyl (C=O) groups is 1.